The molecule has 0 aliphatic heterocycles. The van der Waals surface area contributed by atoms with E-state index in [1.165, 1.54) is 17.0 Å². The standard InChI is InChI=1S/C37H40ClN3O5S/c1-46-33-17-11-14-29(24-33)26-40(35(25-28-12-5-2-6-13-28)37(43)39-31-15-7-3-8-16-31)36(42)27-41(32-22-20-30(38)21-23-32)47(44,45)34-18-9-4-10-19-34/h2,4-6,9-14,17-24,31,35H,3,7-8,15-16,25-27H2,1H3,(H,39,43)/t35-/m1/s1. The van der Waals surface area contributed by atoms with Crippen LogP contribution in [0, 0.1) is 0 Å². The largest absolute Gasteiger partial charge is 0.497 e. The van der Waals surface area contributed by atoms with Crippen molar-refractivity contribution in [1.82, 2.24) is 10.2 Å². The Kier molecular flexibility index (Phi) is 11.6. The summed E-state index contributed by atoms with van der Waals surface area (Å²) in [5.74, 6) is -0.182. The van der Waals surface area contributed by atoms with E-state index in [9.17, 15) is 18.0 Å². The molecule has 246 valence electrons. The van der Waals surface area contributed by atoms with Crippen LogP contribution in [-0.2, 0) is 32.6 Å². The lowest BCUT2D eigenvalue weighted by Crippen LogP contribution is -2.55. The molecule has 0 unspecified atom stereocenters. The number of carbonyl (C=O) groups excluding carboxylic acids is 2. The van der Waals surface area contributed by atoms with Crippen LogP contribution in [0.2, 0.25) is 5.02 Å². The zero-order valence-corrected chi connectivity index (χ0v) is 28.0. The fourth-order valence-electron chi connectivity index (χ4n) is 5.92. The van der Waals surface area contributed by atoms with Gasteiger partial charge in [-0.3, -0.25) is 13.9 Å². The summed E-state index contributed by atoms with van der Waals surface area (Å²) in [5, 5.41) is 3.66. The number of nitrogens with zero attached hydrogens (tertiary/aromatic N) is 2. The van der Waals surface area contributed by atoms with Crippen LogP contribution < -0.4 is 14.4 Å². The maximum Gasteiger partial charge on any atom is 0.264 e. The van der Waals surface area contributed by atoms with E-state index in [0.717, 1.165) is 47.5 Å². The predicted molar refractivity (Wildman–Crippen MR) is 185 cm³/mol. The molecule has 0 spiro atoms. The van der Waals surface area contributed by atoms with Crippen LogP contribution in [0.1, 0.15) is 43.2 Å². The Morgan fingerprint density at radius 2 is 1.49 bits per heavy atom. The van der Waals surface area contributed by atoms with Crippen LogP contribution >= 0.6 is 11.6 Å². The summed E-state index contributed by atoms with van der Waals surface area (Å²) in [4.78, 5) is 30.4. The van der Waals surface area contributed by atoms with Gasteiger partial charge in [0.1, 0.15) is 18.3 Å². The van der Waals surface area contributed by atoms with Crippen LogP contribution in [-0.4, -0.2) is 50.9 Å². The molecule has 0 heterocycles. The van der Waals surface area contributed by atoms with E-state index in [0.29, 0.717) is 10.8 Å². The third-order valence-electron chi connectivity index (χ3n) is 8.43. The highest BCUT2D eigenvalue weighted by Gasteiger charge is 2.35. The first-order chi connectivity index (χ1) is 22.7. The van der Waals surface area contributed by atoms with Crippen molar-refractivity contribution in [2.75, 3.05) is 18.0 Å². The maximum absolute atomic E-state index is 14.6. The van der Waals surface area contributed by atoms with Gasteiger partial charge in [0.05, 0.1) is 17.7 Å². The highest BCUT2D eigenvalue weighted by atomic mass is 35.5. The second-order valence-electron chi connectivity index (χ2n) is 11.7. The summed E-state index contributed by atoms with van der Waals surface area (Å²) >= 11 is 6.15. The normalized spacial score (nSPS) is 14.2. The van der Waals surface area contributed by atoms with Gasteiger partial charge in [0, 0.05) is 24.0 Å². The quantitative estimate of drug-likeness (QED) is 0.172. The van der Waals surface area contributed by atoms with Crippen molar-refractivity contribution in [2.24, 2.45) is 0 Å². The second kappa shape index (κ2) is 16.0. The van der Waals surface area contributed by atoms with Crippen molar-refractivity contribution < 1.29 is 22.7 Å². The Morgan fingerprint density at radius 1 is 0.851 bits per heavy atom. The average Bonchev–Trinajstić information content (AvgIpc) is 3.10. The van der Waals surface area contributed by atoms with E-state index >= 15 is 0 Å². The van der Waals surface area contributed by atoms with Crippen LogP contribution in [0.3, 0.4) is 0 Å². The zero-order chi connectivity index (χ0) is 33.2. The van der Waals surface area contributed by atoms with Crippen LogP contribution in [0.4, 0.5) is 5.69 Å². The Labute approximate surface area is 282 Å². The fourth-order valence-corrected chi connectivity index (χ4v) is 7.48. The number of rotatable bonds is 13. The molecular weight excluding hydrogens is 634 g/mol. The van der Waals surface area contributed by atoms with Gasteiger partial charge in [0.2, 0.25) is 11.8 Å². The summed E-state index contributed by atoms with van der Waals surface area (Å²) in [7, 11) is -2.62. The van der Waals surface area contributed by atoms with Gasteiger partial charge in [-0.05, 0) is 72.5 Å². The van der Waals surface area contributed by atoms with Gasteiger partial charge < -0.3 is 15.0 Å². The number of benzene rings is 4. The number of sulfonamides is 1. The molecule has 0 radical (unpaired) electrons. The molecule has 4 aromatic carbocycles. The summed E-state index contributed by atoms with van der Waals surface area (Å²) in [6, 6.07) is 30.2. The summed E-state index contributed by atoms with van der Waals surface area (Å²) in [6.45, 7) is -0.476. The minimum Gasteiger partial charge on any atom is -0.497 e. The minimum atomic E-state index is -4.18. The molecule has 0 saturated heterocycles. The van der Waals surface area contributed by atoms with Crippen molar-refractivity contribution in [3.8, 4) is 5.75 Å². The maximum atomic E-state index is 14.6. The number of ether oxygens (including phenoxy) is 1. The number of methoxy groups -OCH3 is 1. The van der Waals surface area contributed by atoms with Crippen molar-refractivity contribution >= 4 is 39.1 Å². The Morgan fingerprint density at radius 3 is 2.15 bits per heavy atom. The first-order valence-electron chi connectivity index (χ1n) is 15.8. The lowest BCUT2D eigenvalue weighted by Gasteiger charge is -2.35. The predicted octanol–water partition coefficient (Wildman–Crippen LogP) is 6.63. The van der Waals surface area contributed by atoms with E-state index in [4.69, 9.17) is 16.3 Å². The third kappa shape index (κ3) is 8.93. The molecule has 2 amide bonds. The number of nitrogens with one attached hydrogen (secondary N) is 1. The summed E-state index contributed by atoms with van der Waals surface area (Å²) in [6.07, 6.45) is 5.22. The number of halogens is 1. The van der Waals surface area contributed by atoms with E-state index in [2.05, 4.69) is 5.32 Å². The number of amides is 2. The molecule has 1 fully saturated rings. The molecule has 1 saturated carbocycles. The topological polar surface area (TPSA) is 96.0 Å². The fraction of sp³-hybridized carbons (Fsp3) is 0.297. The molecule has 4 aromatic rings. The highest BCUT2D eigenvalue weighted by Crippen LogP contribution is 2.27. The Bertz CT molecular complexity index is 1730. The van der Waals surface area contributed by atoms with Crippen LogP contribution in [0.25, 0.3) is 0 Å². The Balaban J connectivity index is 1.56. The molecule has 8 nitrogen and oxygen atoms in total. The number of hydrogen-bond acceptors (Lipinski definition) is 5. The van der Waals surface area contributed by atoms with Gasteiger partial charge in [0.15, 0.2) is 0 Å². The van der Waals surface area contributed by atoms with Crippen molar-refractivity contribution in [1.29, 1.82) is 0 Å². The van der Waals surface area contributed by atoms with E-state index < -0.39 is 28.5 Å². The number of anilines is 1. The molecular formula is C37H40ClN3O5S. The van der Waals surface area contributed by atoms with Gasteiger partial charge >= 0.3 is 0 Å². The van der Waals surface area contributed by atoms with Crippen molar-refractivity contribution in [3.05, 3.63) is 125 Å². The first-order valence-corrected chi connectivity index (χ1v) is 17.7. The molecule has 47 heavy (non-hydrogen) atoms. The lowest BCUT2D eigenvalue weighted by atomic mass is 9.94. The lowest BCUT2D eigenvalue weighted by molar-refractivity contribution is -0.140. The van der Waals surface area contributed by atoms with Crippen LogP contribution in [0.15, 0.2) is 114 Å². The SMILES string of the molecule is COc1cccc(CN(C(=O)CN(c2ccc(Cl)cc2)S(=O)(=O)c2ccccc2)[C@H](Cc2ccccc2)C(=O)NC2CCCCC2)c1. The van der Waals surface area contributed by atoms with Crippen molar-refractivity contribution in [2.45, 2.75) is 62.0 Å². The molecule has 1 aliphatic carbocycles. The van der Waals surface area contributed by atoms with Gasteiger partial charge in [-0.1, -0.05) is 91.5 Å². The zero-order valence-electron chi connectivity index (χ0n) is 26.4. The third-order valence-corrected chi connectivity index (χ3v) is 10.5. The van der Waals surface area contributed by atoms with Gasteiger partial charge in [0.25, 0.3) is 10.0 Å². The highest BCUT2D eigenvalue weighted by molar-refractivity contribution is 7.92. The molecule has 0 aromatic heterocycles. The minimum absolute atomic E-state index is 0.0207. The van der Waals surface area contributed by atoms with E-state index in [-0.39, 0.29) is 35.5 Å². The monoisotopic (exact) mass is 673 g/mol. The van der Waals surface area contributed by atoms with E-state index in [1.807, 2.05) is 54.6 Å². The first kappa shape index (κ1) is 34.0. The molecule has 10 heteroatoms. The van der Waals surface area contributed by atoms with Gasteiger partial charge in [-0.15, -0.1) is 0 Å². The van der Waals surface area contributed by atoms with Crippen LogP contribution in [0.5, 0.6) is 5.75 Å². The van der Waals surface area contributed by atoms with Crippen molar-refractivity contribution in [3.63, 3.8) is 0 Å². The summed E-state index contributed by atoms with van der Waals surface area (Å²) < 4.78 is 34.7. The molecule has 1 N–H and O–H groups in total. The average molecular weight is 674 g/mol. The number of hydrogen-bond donors (Lipinski definition) is 1. The summed E-state index contributed by atoms with van der Waals surface area (Å²) in [5.41, 5.74) is 1.90. The Hall–Kier alpha value is -4.34. The van der Waals surface area contributed by atoms with E-state index in [1.54, 1.807) is 49.6 Å². The molecule has 0 bridgehead atoms. The van der Waals surface area contributed by atoms with Gasteiger partial charge in [-0.2, -0.15) is 0 Å². The molecule has 5 rings (SSSR count). The second-order valence-corrected chi connectivity index (χ2v) is 14.0. The van der Waals surface area contributed by atoms with Gasteiger partial charge in [-0.25, -0.2) is 8.42 Å². The molecule has 1 aliphatic rings. The number of carbonyl (C=O) groups is 2. The molecule has 1 atom stereocenters. The smallest absolute Gasteiger partial charge is 0.264 e.